The fourth-order valence-electron chi connectivity index (χ4n) is 2.15. The smallest absolute Gasteiger partial charge is 0.254 e. The summed E-state index contributed by atoms with van der Waals surface area (Å²) in [6.07, 6.45) is 1.45. The maximum absolute atomic E-state index is 12.2. The zero-order chi connectivity index (χ0) is 15.4. The van der Waals surface area contributed by atoms with E-state index in [4.69, 9.17) is 16.3 Å². The van der Waals surface area contributed by atoms with Gasteiger partial charge in [0.1, 0.15) is 0 Å². The third-order valence-corrected chi connectivity index (χ3v) is 3.45. The Hall–Kier alpha value is -1.85. The van der Waals surface area contributed by atoms with Crippen LogP contribution in [-0.2, 0) is 11.8 Å². The standard InChI is InChI=1S/C15H18ClN3O2/c1-10-13(9-19(2)18-10)15(20)17-8-14(21-3)11-5-4-6-12(16)7-11/h4-7,9,14H,8H2,1-3H3,(H,17,20)/t14-/m0/s1. The highest BCUT2D eigenvalue weighted by atomic mass is 35.5. The number of hydrogen-bond donors (Lipinski definition) is 1. The number of rotatable bonds is 5. The van der Waals surface area contributed by atoms with Gasteiger partial charge in [0.2, 0.25) is 0 Å². The van der Waals surface area contributed by atoms with Crippen molar-refractivity contribution in [3.05, 3.63) is 52.3 Å². The zero-order valence-electron chi connectivity index (χ0n) is 12.3. The van der Waals surface area contributed by atoms with E-state index in [0.717, 1.165) is 5.56 Å². The largest absolute Gasteiger partial charge is 0.375 e. The molecule has 1 amide bonds. The first kappa shape index (κ1) is 15.5. The van der Waals surface area contributed by atoms with E-state index in [2.05, 4.69) is 10.4 Å². The molecule has 1 aromatic heterocycles. The van der Waals surface area contributed by atoms with Gasteiger partial charge in [-0.3, -0.25) is 9.48 Å². The number of nitrogens with one attached hydrogen (secondary N) is 1. The number of halogens is 1. The van der Waals surface area contributed by atoms with Gasteiger partial charge in [-0.1, -0.05) is 23.7 Å². The molecule has 0 bridgehead atoms. The summed E-state index contributed by atoms with van der Waals surface area (Å²) in [7, 11) is 3.39. The average Bonchev–Trinajstić information content (AvgIpc) is 2.78. The normalized spacial score (nSPS) is 12.2. The predicted molar refractivity (Wildman–Crippen MR) is 81.5 cm³/mol. The van der Waals surface area contributed by atoms with Crippen LogP contribution in [0.4, 0.5) is 0 Å². The molecule has 112 valence electrons. The second kappa shape index (κ2) is 6.74. The lowest BCUT2D eigenvalue weighted by Gasteiger charge is -2.16. The van der Waals surface area contributed by atoms with E-state index in [-0.39, 0.29) is 12.0 Å². The molecule has 1 heterocycles. The first-order chi connectivity index (χ1) is 10.0. The molecule has 1 N–H and O–H groups in total. The molecule has 0 unspecified atom stereocenters. The summed E-state index contributed by atoms with van der Waals surface area (Å²) in [4.78, 5) is 12.2. The summed E-state index contributed by atoms with van der Waals surface area (Å²) in [5.41, 5.74) is 2.19. The minimum Gasteiger partial charge on any atom is -0.375 e. The van der Waals surface area contributed by atoms with E-state index >= 15 is 0 Å². The highest BCUT2D eigenvalue weighted by molar-refractivity contribution is 6.30. The Morgan fingerprint density at radius 1 is 1.52 bits per heavy atom. The molecule has 21 heavy (non-hydrogen) atoms. The van der Waals surface area contributed by atoms with E-state index < -0.39 is 0 Å². The Kier molecular flexibility index (Phi) is 4.98. The van der Waals surface area contributed by atoms with Gasteiger partial charge < -0.3 is 10.1 Å². The molecule has 0 saturated heterocycles. The number of aryl methyl sites for hydroxylation is 2. The number of benzene rings is 1. The minimum absolute atomic E-state index is 0.162. The van der Waals surface area contributed by atoms with Crippen LogP contribution in [0.25, 0.3) is 0 Å². The number of carbonyl (C=O) groups is 1. The van der Waals surface area contributed by atoms with Crippen LogP contribution in [0.2, 0.25) is 5.02 Å². The van der Waals surface area contributed by atoms with E-state index in [1.165, 1.54) is 0 Å². The van der Waals surface area contributed by atoms with Gasteiger partial charge in [-0.25, -0.2) is 0 Å². The molecule has 0 aliphatic carbocycles. The number of amides is 1. The predicted octanol–water partition coefficient (Wildman–Crippen LogP) is 2.50. The van der Waals surface area contributed by atoms with Crippen molar-refractivity contribution in [2.75, 3.05) is 13.7 Å². The van der Waals surface area contributed by atoms with E-state index in [9.17, 15) is 4.79 Å². The first-order valence-corrected chi connectivity index (χ1v) is 6.95. The van der Waals surface area contributed by atoms with Gasteiger partial charge in [-0.05, 0) is 24.6 Å². The number of aromatic nitrogens is 2. The number of methoxy groups -OCH3 is 1. The molecule has 5 nitrogen and oxygen atoms in total. The summed E-state index contributed by atoms with van der Waals surface area (Å²) >= 11 is 5.97. The molecule has 0 spiro atoms. The van der Waals surface area contributed by atoms with Crippen LogP contribution < -0.4 is 5.32 Å². The fraction of sp³-hybridized carbons (Fsp3) is 0.333. The van der Waals surface area contributed by atoms with Gasteiger partial charge in [0.25, 0.3) is 5.91 Å². The van der Waals surface area contributed by atoms with E-state index in [1.807, 2.05) is 18.2 Å². The highest BCUT2D eigenvalue weighted by Gasteiger charge is 2.16. The van der Waals surface area contributed by atoms with Gasteiger partial charge in [-0.2, -0.15) is 5.10 Å². The van der Waals surface area contributed by atoms with Crippen LogP contribution in [0.5, 0.6) is 0 Å². The van der Waals surface area contributed by atoms with Gasteiger partial charge in [0.05, 0.1) is 17.4 Å². The second-order valence-electron chi connectivity index (χ2n) is 4.79. The highest BCUT2D eigenvalue weighted by Crippen LogP contribution is 2.20. The quantitative estimate of drug-likeness (QED) is 0.923. The van der Waals surface area contributed by atoms with Crippen LogP contribution in [0.3, 0.4) is 0 Å². The molecule has 0 aliphatic rings. The third-order valence-electron chi connectivity index (χ3n) is 3.21. The molecule has 1 atom stereocenters. The molecule has 0 aliphatic heterocycles. The third kappa shape index (κ3) is 3.83. The topological polar surface area (TPSA) is 56.1 Å². The van der Waals surface area contributed by atoms with Crippen molar-refractivity contribution in [2.45, 2.75) is 13.0 Å². The summed E-state index contributed by atoms with van der Waals surface area (Å²) in [5, 5.41) is 7.66. The Morgan fingerprint density at radius 2 is 2.29 bits per heavy atom. The first-order valence-electron chi connectivity index (χ1n) is 6.58. The number of ether oxygens (including phenoxy) is 1. The SMILES string of the molecule is CO[C@@H](CNC(=O)c1cn(C)nc1C)c1cccc(Cl)c1. The number of nitrogens with zero attached hydrogens (tertiary/aromatic N) is 2. The molecular weight excluding hydrogens is 290 g/mol. The number of hydrogen-bond acceptors (Lipinski definition) is 3. The Bertz CT molecular complexity index is 640. The molecule has 2 aromatic rings. The van der Waals surface area contributed by atoms with Crippen molar-refractivity contribution in [1.82, 2.24) is 15.1 Å². The Morgan fingerprint density at radius 3 is 2.86 bits per heavy atom. The summed E-state index contributed by atoms with van der Waals surface area (Å²) in [5.74, 6) is -0.162. The van der Waals surface area contributed by atoms with Gasteiger partial charge in [-0.15, -0.1) is 0 Å². The minimum atomic E-state index is -0.246. The Balaban J connectivity index is 2.03. The molecular formula is C15H18ClN3O2. The fourth-order valence-corrected chi connectivity index (χ4v) is 2.35. The van der Waals surface area contributed by atoms with Crippen LogP contribution in [-0.4, -0.2) is 29.3 Å². The summed E-state index contributed by atoms with van der Waals surface area (Å²) in [6, 6.07) is 7.41. The van der Waals surface area contributed by atoms with Crippen LogP contribution in [0.15, 0.2) is 30.5 Å². The van der Waals surface area contributed by atoms with Gasteiger partial charge in [0.15, 0.2) is 0 Å². The lowest BCUT2D eigenvalue weighted by Crippen LogP contribution is -2.29. The van der Waals surface area contributed by atoms with Crippen LogP contribution >= 0.6 is 11.6 Å². The zero-order valence-corrected chi connectivity index (χ0v) is 13.0. The second-order valence-corrected chi connectivity index (χ2v) is 5.23. The lowest BCUT2D eigenvalue weighted by atomic mass is 10.1. The molecule has 6 heteroatoms. The van der Waals surface area contributed by atoms with Crippen molar-refractivity contribution < 1.29 is 9.53 Å². The molecule has 0 radical (unpaired) electrons. The Labute approximate surface area is 128 Å². The molecule has 1 aromatic carbocycles. The van der Waals surface area contributed by atoms with Crippen LogP contribution in [0, 0.1) is 6.92 Å². The summed E-state index contributed by atoms with van der Waals surface area (Å²) < 4.78 is 7.04. The van der Waals surface area contributed by atoms with Gasteiger partial charge >= 0.3 is 0 Å². The van der Waals surface area contributed by atoms with Crippen molar-refractivity contribution in [1.29, 1.82) is 0 Å². The number of carbonyl (C=O) groups excluding carboxylic acids is 1. The molecule has 0 fully saturated rings. The van der Waals surface area contributed by atoms with Crippen molar-refractivity contribution in [3.8, 4) is 0 Å². The average molecular weight is 308 g/mol. The van der Waals surface area contributed by atoms with E-state index in [1.54, 1.807) is 38.0 Å². The maximum Gasteiger partial charge on any atom is 0.254 e. The van der Waals surface area contributed by atoms with Gasteiger partial charge in [0, 0.05) is 31.9 Å². The maximum atomic E-state index is 12.2. The van der Waals surface area contributed by atoms with Crippen molar-refractivity contribution in [2.24, 2.45) is 7.05 Å². The molecule has 0 saturated carbocycles. The monoisotopic (exact) mass is 307 g/mol. The van der Waals surface area contributed by atoms with Crippen molar-refractivity contribution >= 4 is 17.5 Å². The summed E-state index contributed by atoms with van der Waals surface area (Å²) in [6.45, 7) is 2.17. The van der Waals surface area contributed by atoms with E-state index in [0.29, 0.717) is 22.8 Å². The van der Waals surface area contributed by atoms with Crippen LogP contribution in [0.1, 0.15) is 27.7 Å². The molecule has 2 rings (SSSR count). The lowest BCUT2D eigenvalue weighted by molar-refractivity contribution is 0.0827. The van der Waals surface area contributed by atoms with Crippen molar-refractivity contribution in [3.63, 3.8) is 0 Å².